The number of nitrogens with zero attached hydrogens (tertiary/aromatic N) is 4. The minimum absolute atomic E-state index is 0.197. The van der Waals surface area contributed by atoms with E-state index in [9.17, 15) is 5.11 Å². The van der Waals surface area contributed by atoms with Crippen molar-refractivity contribution in [2.24, 2.45) is 0 Å². The lowest BCUT2D eigenvalue weighted by molar-refractivity contribution is 0.268. The highest BCUT2D eigenvalue weighted by atomic mass is 127. The van der Waals surface area contributed by atoms with E-state index in [1.807, 2.05) is 28.8 Å². The Labute approximate surface area is 200 Å². The molecule has 0 saturated heterocycles. The van der Waals surface area contributed by atoms with E-state index in [1.54, 1.807) is 6.07 Å². The second-order valence-corrected chi connectivity index (χ2v) is 9.71. The summed E-state index contributed by atoms with van der Waals surface area (Å²) in [6.45, 7) is 7.54. The molecule has 2 N–H and O–H groups in total. The third-order valence-corrected chi connectivity index (χ3v) is 6.19. The molecule has 2 aromatic carbocycles. The molecule has 0 saturated carbocycles. The minimum Gasteiger partial charge on any atom is -0.507 e. The van der Waals surface area contributed by atoms with Gasteiger partial charge in [0.1, 0.15) is 12.4 Å². The van der Waals surface area contributed by atoms with Crippen LogP contribution < -0.4 is 10.1 Å². The van der Waals surface area contributed by atoms with Crippen LogP contribution in [0.1, 0.15) is 25.0 Å². The van der Waals surface area contributed by atoms with Crippen LogP contribution in [0.3, 0.4) is 0 Å². The fourth-order valence-corrected chi connectivity index (χ4v) is 4.56. The molecule has 1 aliphatic heterocycles. The van der Waals surface area contributed by atoms with Gasteiger partial charge in [-0.05, 0) is 50.5 Å². The number of rotatable bonds is 5. The lowest BCUT2D eigenvalue weighted by atomic mass is 9.99. The zero-order valence-electron chi connectivity index (χ0n) is 18.2. The quantitative estimate of drug-likeness (QED) is 0.277. The van der Waals surface area contributed by atoms with E-state index < -0.39 is 0 Å². The number of aryl methyl sites for hydroxylation is 1. The summed E-state index contributed by atoms with van der Waals surface area (Å²) in [6.07, 6.45) is 0.775. The molecule has 2 aromatic heterocycles. The summed E-state index contributed by atoms with van der Waals surface area (Å²) < 4.78 is 8.48. The first-order valence-electron chi connectivity index (χ1n) is 10.5. The Hall–Kier alpha value is -2.88. The predicted octanol–water partition coefficient (Wildman–Crippen LogP) is 4.89. The Kier molecular flexibility index (Phi) is 5.19. The van der Waals surface area contributed by atoms with Crippen molar-refractivity contribution in [1.29, 1.82) is 0 Å². The Balaban J connectivity index is 1.38. The zero-order valence-corrected chi connectivity index (χ0v) is 20.3. The van der Waals surface area contributed by atoms with Crippen LogP contribution in [0, 0.1) is 10.8 Å². The number of phenolic OH excluding ortho intramolecular Hbond substituents is 1. The minimum atomic E-state index is -0.197. The highest BCUT2D eigenvalue weighted by Crippen LogP contribution is 2.36. The topological polar surface area (TPSA) is 85.1 Å². The summed E-state index contributed by atoms with van der Waals surface area (Å²) in [6, 6.07) is 14.5. The van der Waals surface area contributed by atoms with Gasteiger partial charge in [-0.2, -0.15) is 4.98 Å². The second-order valence-electron chi connectivity index (χ2n) is 8.74. The van der Waals surface area contributed by atoms with Crippen molar-refractivity contribution in [3.05, 3.63) is 57.4 Å². The van der Waals surface area contributed by atoms with Gasteiger partial charge < -0.3 is 15.2 Å². The van der Waals surface area contributed by atoms with Crippen molar-refractivity contribution in [3.63, 3.8) is 0 Å². The fraction of sp³-hybridized carbons (Fsp3) is 0.292. The van der Waals surface area contributed by atoms with Crippen molar-refractivity contribution >= 4 is 39.6 Å². The number of aromatic nitrogens is 4. The summed E-state index contributed by atoms with van der Waals surface area (Å²) in [4.78, 5) is 13.8. The number of halogens is 1. The maximum atomic E-state index is 10.4. The molecule has 0 atom stereocenters. The Morgan fingerprint density at radius 3 is 2.81 bits per heavy atom. The summed E-state index contributed by atoms with van der Waals surface area (Å²) in [5.74, 6) is 0.993. The van der Waals surface area contributed by atoms with Crippen LogP contribution in [0.25, 0.3) is 22.3 Å². The number of ether oxygens (including phenoxy) is 1. The molecule has 32 heavy (non-hydrogen) atoms. The largest absolute Gasteiger partial charge is 0.507 e. The van der Waals surface area contributed by atoms with Gasteiger partial charge in [0.15, 0.2) is 20.8 Å². The number of benzene rings is 2. The fourth-order valence-electron chi connectivity index (χ4n) is 4.09. The third-order valence-electron chi connectivity index (χ3n) is 5.70. The summed E-state index contributed by atoms with van der Waals surface area (Å²) in [5, 5.41) is 13.8. The number of anilines is 1. The van der Waals surface area contributed by atoms with Gasteiger partial charge in [0.25, 0.3) is 6.01 Å². The van der Waals surface area contributed by atoms with E-state index in [0.29, 0.717) is 28.8 Å². The van der Waals surface area contributed by atoms with Crippen LogP contribution in [0.15, 0.2) is 42.5 Å². The van der Waals surface area contributed by atoms with Crippen molar-refractivity contribution in [3.8, 4) is 22.9 Å². The number of fused-ring (bicyclic) bond motifs is 3. The molecule has 7 nitrogen and oxygen atoms in total. The number of hydrogen-bond acceptors (Lipinski definition) is 6. The van der Waals surface area contributed by atoms with Gasteiger partial charge in [-0.15, -0.1) is 0 Å². The number of imidazole rings is 1. The first-order chi connectivity index (χ1) is 15.3. The zero-order chi connectivity index (χ0) is 22.5. The molecule has 0 radical (unpaired) electrons. The van der Waals surface area contributed by atoms with Gasteiger partial charge in [0, 0.05) is 34.7 Å². The van der Waals surface area contributed by atoms with Gasteiger partial charge in [-0.1, -0.05) is 35.9 Å². The molecule has 0 bridgehead atoms. The van der Waals surface area contributed by atoms with Crippen molar-refractivity contribution in [1.82, 2.24) is 19.5 Å². The van der Waals surface area contributed by atoms with Crippen LogP contribution in [-0.4, -0.2) is 37.8 Å². The van der Waals surface area contributed by atoms with Crippen LogP contribution in [0.2, 0.25) is 0 Å². The van der Waals surface area contributed by atoms with E-state index in [0.717, 1.165) is 39.8 Å². The predicted molar refractivity (Wildman–Crippen MR) is 133 cm³/mol. The summed E-state index contributed by atoms with van der Waals surface area (Å²) in [5.41, 5.74) is 5.46. The van der Waals surface area contributed by atoms with Crippen molar-refractivity contribution in [2.75, 3.05) is 18.5 Å². The van der Waals surface area contributed by atoms with Gasteiger partial charge in [-0.3, -0.25) is 4.57 Å². The van der Waals surface area contributed by atoms with E-state index in [2.05, 4.69) is 75.8 Å². The molecule has 1 aliphatic rings. The molecule has 3 heterocycles. The standard InChI is InChI=1S/C24H24IN5O2/c1-14-5-4-6-16(11-14)17-12-15(7-8-18(17)31)9-10-26-20-19-21(29-22(25)28-20)30-23(27-19)32-13-24(30,2)3/h4-8,11-12,31H,9-10,13H2,1-3H3,(H,26,28,29). The second kappa shape index (κ2) is 7.91. The van der Waals surface area contributed by atoms with Gasteiger partial charge in [-0.25, -0.2) is 9.97 Å². The molecule has 4 aromatic rings. The Morgan fingerprint density at radius 2 is 2.00 bits per heavy atom. The molecule has 0 aliphatic carbocycles. The summed E-state index contributed by atoms with van der Waals surface area (Å²) >= 11 is 2.14. The maximum absolute atomic E-state index is 10.4. The monoisotopic (exact) mass is 541 g/mol. The van der Waals surface area contributed by atoms with Crippen LogP contribution in [0.5, 0.6) is 11.8 Å². The highest BCUT2D eigenvalue weighted by molar-refractivity contribution is 14.1. The smallest absolute Gasteiger partial charge is 0.299 e. The molecule has 0 fully saturated rings. The van der Waals surface area contributed by atoms with Crippen LogP contribution in [0.4, 0.5) is 5.82 Å². The first kappa shape index (κ1) is 21.0. The lowest BCUT2D eigenvalue weighted by Crippen LogP contribution is -2.26. The number of aromatic hydroxyl groups is 1. The number of hydrogen-bond donors (Lipinski definition) is 2. The molecule has 5 rings (SSSR count). The van der Waals surface area contributed by atoms with E-state index in [-0.39, 0.29) is 11.3 Å². The lowest BCUT2D eigenvalue weighted by Gasteiger charge is -2.18. The van der Waals surface area contributed by atoms with E-state index in [1.165, 1.54) is 0 Å². The molecule has 0 spiro atoms. The maximum Gasteiger partial charge on any atom is 0.299 e. The SMILES string of the molecule is Cc1cccc(-c2cc(CCNc3nc(I)nc4c3nc3n4C(C)(C)CO3)ccc2O)c1. The third kappa shape index (κ3) is 3.76. The molecular weight excluding hydrogens is 517 g/mol. The summed E-state index contributed by atoms with van der Waals surface area (Å²) in [7, 11) is 0. The van der Waals surface area contributed by atoms with Gasteiger partial charge in [0.05, 0.1) is 5.54 Å². The Morgan fingerprint density at radius 1 is 1.16 bits per heavy atom. The van der Waals surface area contributed by atoms with Crippen molar-refractivity contribution in [2.45, 2.75) is 32.7 Å². The highest BCUT2D eigenvalue weighted by Gasteiger charge is 2.36. The molecule has 8 heteroatoms. The average Bonchev–Trinajstić information content (AvgIpc) is 3.26. The Bertz CT molecular complexity index is 1330. The molecule has 0 amide bonds. The van der Waals surface area contributed by atoms with Crippen molar-refractivity contribution < 1.29 is 9.84 Å². The van der Waals surface area contributed by atoms with Crippen LogP contribution >= 0.6 is 22.6 Å². The molecule has 0 unspecified atom stereocenters. The van der Waals surface area contributed by atoms with Gasteiger partial charge in [0.2, 0.25) is 0 Å². The number of phenols is 1. The number of nitrogens with one attached hydrogen (secondary N) is 1. The average molecular weight is 541 g/mol. The van der Waals surface area contributed by atoms with E-state index in [4.69, 9.17) is 4.74 Å². The molecular formula is C24H24IN5O2. The van der Waals surface area contributed by atoms with Gasteiger partial charge >= 0.3 is 0 Å². The van der Waals surface area contributed by atoms with E-state index >= 15 is 0 Å². The normalized spacial score (nSPS) is 14.4. The first-order valence-corrected chi connectivity index (χ1v) is 11.6. The van der Waals surface area contributed by atoms with Crippen LogP contribution in [-0.2, 0) is 12.0 Å². The molecule has 164 valence electrons.